The van der Waals surface area contributed by atoms with E-state index in [0.717, 1.165) is 5.56 Å². The van der Waals surface area contributed by atoms with Crippen molar-refractivity contribution in [2.24, 2.45) is 0 Å². The number of ether oxygens (including phenoxy) is 1. The van der Waals surface area contributed by atoms with Gasteiger partial charge in [0.05, 0.1) is 15.3 Å². The Labute approximate surface area is 120 Å². The first-order valence-corrected chi connectivity index (χ1v) is 7.21. The standard InChI is InChI=1S/C12H14Cl2O3S/c1-2-17-11(16)5-3-4-9(15)6-8-7-10(13)18-12(8)14/h7H,2-6H2,1H3. The second-order valence-corrected chi connectivity index (χ2v) is 6.01. The molecule has 0 N–H and O–H groups in total. The Kier molecular flexibility index (Phi) is 6.68. The van der Waals surface area contributed by atoms with Crippen molar-refractivity contribution in [1.29, 1.82) is 0 Å². The first-order valence-electron chi connectivity index (χ1n) is 5.64. The number of ketones is 1. The maximum atomic E-state index is 11.7. The molecule has 1 aromatic rings. The molecule has 0 bridgehead atoms. The average Bonchev–Trinajstić information content (AvgIpc) is 2.57. The molecule has 1 aromatic heterocycles. The van der Waals surface area contributed by atoms with E-state index in [9.17, 15) is 9.59 Å². The number of hydrogen-bond donors (Lipinski definition) is 0. The topological polar surface area (TPSA) is 43.4 Å². The molecule has 0 spiro atoms. The minimum Gasteiger partial charge on any atom is -0.466 e. The van der Waals surface area contributed by atoms with Crippen LogP contribution in [0.25, 0.3) is 0 Å². The predicted octanol–water partition coefficient (Wildman–Crippen LogP) is 3.90. The first-order chi connectivity index (χ1) is 8.52. The highest BCUT2D eigenvalue weighted by atomic mass is 35.5. The molecule has 0 aliphatic heterocycles. The number of halogens is 2. The number of carbonyl (C=O) groups is 2. The second-order valence-electron chi connectivity index (χ2n) is 3.72. The van der Waals surface area contributed by atoms with Crippen LogP contribution in [0.4, 0.5) is 0 Å². The van der Waals surface area contributed by atoms with Crippen LogP contribution >= 0.6 is 34.5 Å². The van der Waals surface area contributed by atoms with Crippen LogP contribution in [0.1, 0.15) is 31.7 Å². The normalized spacial score (nSPS) is 10.4. The van der Waals surface area contributed by atoms with E-state index in [1.54, 1.807) is 13.0 Å². The van der Waals surface area contributed by atoms with Gasteiger partial charge in [-0.2, -0.15) is 0 Å². The van der Waals surface area contributed by atoms with Gasteiger partial charge in [0.1, 0.15) is 5.78 Å². The van der Waals surface area contributed by atoms with Crippen molar-refractivity contribution in [2.75, 3.05) is 6.61 Å². The molecule has 1 heterocycles. The Hall–Kier alpha value is -0.580. The van der Waals surface area contributed by atoms with Gasteiger partial charge in [0, 0.05) is 19.3 Å². The summed E-state index contributed by atoms with van der Waals surface area (Å²) in [5, 5.41) is 0. The third-order valence-electron chi connectivity index (χ3n) is 2.26. The summed E-state index contributed by atoms with van der Waals surface area (Å²) >= 11 is 13.0. The van der Waals surface area contributed by atoms with Crippen LogP contribution in [0.15, 0.2) is 6.07 Å². The molecule has 0 fully saturated rings. The molecule has 1 rings (SSSR count). The molecule has 6 heteroatoms. The molecule has 0 aromatic carbocycles. The fourth-order valence-electron chi connectivity index (χ4n) is 1.46. The minimum absolute atomic E-state index is 0.0515. The molecule has 3 nitrogen and oxygen atoms in total. The Bertz CT molecular complexity index is 429. The van der Waals surface area contributed by atoms with Gasteiger partial charge in [-0.05, 0) is 25.0 Å². The lowest BCUT2D eigenvalue weighted by molar-refractivity contribution is -0.143. The van der Waals surface area contributed by atoms with Gasteiger partial charge in [0.2, 0.25) is 0 Å². The van der Waals surface area contributed by atoms with Crippen LogP contribution in [0.3, 0.4) is 0 Å². The van der Waals surface area contributed by atoms with Crippen LogP contribution in [0.2, 0.25) is 8.67 Å². The van der Waals surface area contributed by atoms with E-state index >= 15 is 0 Å². The van der Waals surface area contributed by atoms with Gasteiger partial charge in [0.25, 0.3) is 0 Å². The van der Waals surface area contributed by atoms with Gasteiger partial charge in [-0.1, -0.05) is 23.2 Å². The summed E-state index contributed by atoms with van der Waals surface area (Å²) < 4.78 is 5.91. The number of thiophene rings is 1. The van der Waals surface area contributed by atoms with E-state index in [-0.39, 0.29) is 24.6 Å². The Morgan fingerprint density at radius 2 is 2.06 bits per heavy atom. The van der Waals surface area contributed by atoms with E-state index < -0.39 is 0 Å². The lowest BCUT2D eigenvalue weighted by Gasteiger charge is -2.01. The van der Waals surface area contributed by atoms with E-state index in [1.807, 2.05) is 0 Å². The van der Waals surface area contributed by atoms with Crippen molar-refractivity contribution in [3.8, 4) is 0 Å². The quantitative estimate of drug-likeness (QED) is 0.717. The summed E-state index contributed by atoms with van der Waals surface area (Å²) in [7, 11) is 0. The van der Waals surface area contributed by atoms with E-state index in [2.05, 4.69) is 0 Å². The summed E-state index contributed by atoms with van der Waals surface area (Å²) in [5.41, 5.74) is 0.757. The molecule has 0 unspecified atom stereocenters. The predicted molar refractivity (Wildman–Crippen MR) is 73.5 cm³/mol. The molecule has 0 radical (unpaired) electrons. The van der Waals surface area contributed by atoms with Crippen LogP contribution < -0.4 is 0 Å². The molecule has 0 saturated carbocycles. The van der Waals surface area contributed by atoms with Crippen LogP contribution in [-0.2, 0) is 20.7 Å². The van der Waals surface area contributed by atoms with Crippen molar-refractivity contribution >= 4 is 46.3 Å². The highest BCUT2D eigenvalue weighted by Gasteiger charge is 2.11. The molecule has 18 heavy (non-hydrogen) atoms. The number of esters is 1. The minimum atomic E-state index is -0.262. The maximum Gasteiger partial charge on any atom is 0.305 e. The zero-order valence-corrected chi connectivity index (χ0v) is 12.3. The third kappa shape index (κ3) is 5.38. The molecular formula is C12H14Cl2O3S. The smallest absolute Gasteiger partial charge is 0.305 e. The lowest BCUT2D eigenvalue weighted by atomic mass is 10.1. The van der Waals surface area contributed by atoms with Gasteiger partial charge < -0.3 is 4.74 Å². The Balaban J connectivity index is 2.30. The first kappa shape index (κ1) is 15.5. The van der Waals surface area contributed by atoms with Gasteiger partial charge in [-0.25, -0.2) is 0 Å². The summed E-state index contributed by atoms with van der Waals surface area (Å²) in [6.07, 6.45) is 1.40. The molecule has 0 atom stereocenters. The van der Waals surface area contributed by atoms with E-state index in [0.29, 0.717) is 28.1 Å². The Morgan fingerprint density at radius 3 is 2.61 bits per heavy atom. The monoisotopic (exact) mass is 308 g/mol. The largest absolute Gasteiger partial charge is 0.466 e. The Morgan fingerprint density at radius 1 is 1.33 bits per heavy atom. The lowest BCUT2D eigenvalue weighted by Crippen LogP contribution is -2.07. The van der Waals surface area contributed by atoms with Crippen LogP contribution in [0, 0.1) is 0 Å². The highest BCUT2D eigenvalue weighted by molar-refractivity contribution is 7.20. The van der Waals surface area contributed by atoms with Gasteiger partial charge in [0.15, 0.2) is 0 Å². The van der Waals surface area contributed by atoms with Crippen LogP contribution in [0.5, 0.6) is 0 Å². The zero-order valence-electron chi connectivity index (χ0n) is 10.0. The molecular weight excluding hydrogens is 295 g/mol. The zero-order chi connectivity index (χ0) is 13.5. The van der Waals surface area contributed by atoms with E-state index in [1.165, 1.54) is 11.3 Å². The number of Topliss-reactive ketones (excluding diaryl/α,β-unsaturated/α-hetero) is 1. The highest BCUT2D eigenvalue weighted by Crippen LogP contribution is 2.31. The molecule has 100 valence electrons. The summed E-state index contributed by atoms with van der Waals surface area (Å²) in [4.78, 5) is 22.7. The van der Waals surface area contributed by atoms with Crippen molar-refractivity contribution in [1.82, 2.24) is 0 Å². The molecule has 0 aliphatic carbocycles. The van der Waals surface area contributed by atoms with Crippen LogP contribution in [-0.4, -0.2) is 18.4 Å². The number of rotatable bonds is 7. The number of carbonyl (C=O) groups excluding carboxylic acids is 2. The summed E-state index contributed by atoms with van der Waals surface area (Å²) in [6.45, 7) is 2.13. The second kappa shape index (κ2) is 7.77. The van der Waals surface area contributed by atoms with Gasteiger partial charge >= 0.3 is 5.97 Å². The summed E-state index contributed by atoms with van der Waals surface area (Å²) in [5.74, 6) is -0.211. The average molecular weight is 309 g/mol. The summed E-state index contributed by atoms with van der Waals surface area (Å²) in [6, 6.07) is 1.71. The van der Waals surface area contributed by atoms with Crippen molar-refractivity contribution in [2.45, 2.75) is 32.6 Å². The van der Waals surface area contributed by atoms with Gasteiger partial charge in [-0.15, -0.1) is 11.3 Å². The van der Waals surface area contributed by atoms with Crippen molar-refractivity contribution in [3.63, 3.8) is 0 Å². The fraction of sp³-hybridized carbons (Fsp3) is 0.500. The SMILES string of the molecule is CCOC(=O)CCCC(=O)Cc1cc(Cl)sc1Cl. The fourth-order valence-corrected chi connectivity index (χ4v) is 2.95. The molecule has 0 aliphatic rings. The molecule has 0 amide bonds. The van der Waals surface area contributed by atoms with Crippen molar-refractivity contribution in [3.05, 3.63) is 20.3 Å². The molecule has 0 saturated heterocycles. The van der Waals surface area contributed by atoms with Crippen molar-refractivity contribution < 1.29 is 14.3 Å². The maximum absolute atomic E-state index is 11.7. The van der Waals surface area contributed by atoms with E-state index in [4.69, 9.17) is 27.9 Å². The third-order valence-corrected chi connectivity index (χ3v) is 3.83. The van der Waals surface area contributed by atoms with Gasteiger partial charge in [-0.3, -0.25) is 9.59 Å². The number of hydrogen-bond acceptors (Lipinski definition) is 4.